The minimum absolute atomic E-state index is 0.359. The lowest BCUT2D eigenvalue weighted by Gasteiger charge is -2.27. The Morgan fingerprint density at radius 3 is 2.83 bits per heavy atom. The molecule has 12 heavy (non-hydrogen) atoms. The van der Waals surface area contributed by atoms with Gasteiger partial charge in [-0.05, 0) is 12.1 Å². The molecule has 0 aromatic carbocycles. The van der Waals surface area contributed by atoms with Crippen molar-refractivity contribution in [2.75, 3.05) is 18.5 Å². The van der Waals surface area contributed by atoms with Gasteiger partial charge in [0.25, 0.3) is 0 Å². The second-order valence-electron chi connectivity index (χ2n) is 2.75. The van der Waals surface area contributed by atoms with Gasteiger partial charge in [-0.3, -0.25) is 0 Å². The molecule has 1 saturated heterocycles. The third-order valence-corrected chi connectivity index (χ3v) is 1.74. The third-order valence-electron chi connectivity index (χ3n) is 1.74. The van der Waals surface area contributed by atoms with E-state index in [1.807, 2.05) is 0 Å². The molecule has 0 atom stereocenters. The van der Waals surface area contributed by atoms with E-state index in [4.69, 9.17) is 4.74 Å². The molecule has 3 nitrogen and oxygen atoms in total. The van der Waals surface area contributed by atoms with E-state index in [9.17, 15) is 4.39 Å². The summed E-state index contributed by atoms with van der Waals surface area (Å²) in [6.07, 6.45) is 1.48. The van der Waals surface area contributed by atoms with Crippen molar-refractivity contribution in [1.29, 1.82) is 0 Å². The van der Waals surface area contributed by atoms with E-state index in [0.29, 0.717) is 6.04 Å². The maximum absolute atomic E-state index is 12.4. The van der Waals surface area contributed by atoms with E-state index < -0.39 is 5.95 Å². The highest BCUT2D eigenvalue weighted by molar-refractivity contribution is 5.41. The lowest BCUT2D eigenvalue weighted by atomic mass is 10.2. The Hall–Kier alpha value is -1.16. The first-order chi connectivity index (χ1) is 5.84. The summed E-state index contributed by atoms with van der Waals surface area (Å²) in [5.41, 5.74) is 0.838. The van der Waals surface area contributed by atoms with Crippen molar-refractivity contribution in [3.05, 3.63) is 24.3 Å². The number of aromatic nitrogens is 1. The normalized spacial score (nSPS) is 17.1. The largest absolute Gasteiger partial charge is 0.377 e. The Bertz CT molecular complexity index is 258. The summed E-state index contributed by atoms with van der Waals surface area (Å²) in [4.78, 5) is 3.52. The fraction of sp³-hybridized carbons (Fsp3) is 0.375. The molecule has 4 heteroatoms. The number of halogens is 1. The topological polar surface area (TPSA) is 34.1 Å². The fourth-order valence-electron chi connectivity index (χ4n) is 1.02. The molecule has 1 aromatic heterocycles. The number of rotatable bonds is 2. The van der Waals surface area contributed by atoms with Crippen LogP contribution in [0.15, 0.2) is 18.3 Å². The van der Waals surface area contributed by atoms with Crippen molar-refractivity contribution in [1.82, 2.24) is 4.98 Å². The van der Waals surface area contributed by atoms with Gasteiger partial charge >= 0.3 is 0 Å². The Labute approximate surface area is 69.6 Å². The monoisotopic (exact) mass is 168 g/mol. The van der Waals surface area contributed by atoms with Crippen LogP contribution in [0.25, 0.3) is 0 Å². The van der Waals surface area contributed by atoms with Crippen LogP contribution in [0.2, 0.25) is 0 Å². The molecule has 0 bridgehead atoms. The lowest BCUT2D eigenvalue weighted by molar-refractivity contribution is 0.0211. The predicted octanol–water partition coefficient (Wildman–Crippen LogP) is 1.03. The predicted molar refractivity (Wildman–Crippen MR) is 42.4 cm³/mol. The highest BCUT2D eigenvalue weighted by atomic mass is 19.1. The number of ether oxygens (including phenoxy) is 1. The number of pyridine rings is 1. The summed E-state index contributed by atoms with van der Waals surface area (Å²) >= 11 is 0. The Balaban J connectivity index is 1.98. The standard InChI is InChI=1S/C8H9FN2O/c9-8-2-1-6(3-10-8)11-7-4-12-5-7/h1-3,7,11H,4-5H2. The maximum Gasteiger partial charge on any atom is 0.212 e. The molecular formula is C8H9FN2O. The molecule has 1 aliphatic heterocycles. The summed E-state index contributed by atoms with van der Waals surface area (Å²) in [5, 5.41) is 3.15. The number of nitrogens with zero attached hydrogens (tertiary/aromatic N) is 1. The number of hydrogen-bond acceptors (Lipinski definition) is 3. The van der Waals surface area contributed by atoms with Gasteiger partial charge in [0.05, 0.1) is 31.1 Å². The van der Waals surface area contributed by atoms with Crippen molar-refractivity contribution in [3.8, 4) is 0 Å². The van der Waals surface area contributed by atoms with E-state index in [-0.39, 0.29) is 0 Å². The lowest BCUT2D eigenvalue weighted by Crippen LogP contribution is -2.40. The molecule has 0 spiro atoms. The van der Waals surface area contributed by atoms with Gasteiger partial charge in [0.2, 0.25) is 5.95 Å². The molecule has 0 aliphatic carbocycles. The minimum Gasteiger partial charge on any atom is -0.377 e. The van der Waals surface area contributed by atoms with E-state index in [1.165, 1.54) is 12.3 Å². The van der Waals surface area contributed by atoms with Crippen molar-refractivity contribution >= 4 is 5.69 Å². The average molecular weight is 168 g/mol. The second kappa shape index (κ2) is 3.06. The van der Waals surface area contributed by atoms with Crippen molar-refractivity contribution < 1.29 is 9.13 Å². The minimum atomic E-state index is -0.453. The summed E-state index contributed by atoms with van der Waals surface area (Å²) in [7, 11) is 0. The molecular weight excluding hydrogens is 159 g/mol. The van der Waals surface area contributed by atoms with Gasteiger partial charge in [-0.1, -0.05) is 0 Å². The second-order valence-corrected chi connectivity index (χ2v) is 2.75. The van der Waals surface area contributed by atoms with Gasteiger partial charge in [-0.15, -0.1) is 0 Å². The highest BCUT2D eigenvalue weighted by Gasteiger charge is 2.17. The van der Waals surface area contributed by atoms with Crippen molar-refractivity contribution in [3.63, 3.8) is 0 Å². The summed E-state index contributed by atoms with van der Waals surface area (Å²) in [6.45, 7) is 1.44. The third kappa shape index (κ3) is 1.53. The number of hydrogen-bond donors (Lipinski definition) is 1. The fourth-order valence-corrected chi connectivity index (χ4v) is 1.02. The molecule has 0 saturated carbocycles. The molecule has 0 radical (unpaired) electrons. The van der Waals surface area contributed by atoms with Crippen LogP contribution in [-0.2, 0) is 4.74 Å². The molecule has 0 unspecified atom stereocenters. The van der Waals surface area contributed by atoms with Crippen LogP contribution >= 0.6 is 0 Å². The van der Waals surface area contributed by atoms with Crippen molar-refractivity contribution in [2.24, 2.45) is 0 Å². The quantitative estimate of drug-likeness (QED) is 0.670. The smallest absolute Gasteiger partial charge is 0.212 e. The zero-order valence-electron chi connectivity index (χ0n) is 6.46. The average Bonchev–Trinajstić information content (AvgIpc) is 2.00. The van der Waals surface area contributed by atoms with Gasteiger partial charge in [-0.25, -0.2) is 4.98 Å². The van der Waals surface area contributed by atoms with Crippen LogP contribution in [0.1, 0.15) is 0 Å². The Kier molecular flexibility index (Phi) is 1.91. The van der Waals surface area contributed by atoms with Crippen LogP contribution in [0.3, 0.4) is 0 Å². The van der Waals surface area contributed by atoms with Crippen LogP contribution in [0.4, 0.5) is 10.1 Å². The van der Waals surface area contributed by atoms with Crippen LogP contribution < -0.4 is 5.32 Å². The van der Waals surface area contributed by atoms with Gasteiger partial charge in [0.1, 0.15) is 0 Å². The molecule has 1 fully saturated rings. The molecule has 2 rings (SSSR count). The van der Waals surface area contributed by atoms with Crippen LogP contribution in [-0.4, -0.2) is 24.2 Å². The summed E-state index contributed by atoms with van der Waals surface area (Å²) < 4.78 is 17.3. The molecule has 2 heterocycles. The van der Waals surface area contributed by atoms with Crippen molar-refractivity contribution in [2.45, 2.75) is 6.04 Å². The van der Waals surface area contributed by atoms with Gasteiger partial charge < -0.3 is 10.1 Å². The molecule has 0 amide bonds. The van der Waals surface area contributed by atoms with E-state index in [0.717, 1.165) is 18.9 Å². The van der Waals surface area contributed by atoms with Gasteiger partial charge in [-0.2, -0.15) is 4.39 Å². The van der Waals surface area contributed by atoms with Gasteiger partial charge in [0, 0.05) is 0 Å². The zero-order chi connectivity index (χ0) is 8.39. The van der Waals surface area contributed by atoms with Gasteiger partial charge in [0.15, 0.2) is 0 Å². The maximum atomic E-state index is 12.4. The van der Waals surface area contributed by atoms with Crippen LogP contribution in [0.5, 0.6) is 0 Å². The Morgan fingerprint density at radius 2 is 2.33 bits per heavy atom. The first-order valence-electron chi connectivity index (χ1n) is 3.80. The van der Waals surface area contributed by atoms with E-state index in [1.54, 1.807) is 6.07 Å². The Morgan fingerprint density at radius 1 is 1.50 bits per heavy atom. The number of anilines is 1. The summed E-state index contributed by atoms with van der Waals surface area (Å²) in [6, 6.07) is 3.36. The molecule has 1 aliphatic rings. The first kappa shape index (κ1) is 7.49. The van der Waals surface area contributed by atoms with E-state index >= 15 is 0 Å². The SMILES string of the molecule is Fc1ccc(NC2COC2)cn1. The molecule has 1 aromatic rings. The number of nitrogens with one attached hydrogen (secondary N) is 1. The molecule has 1 N–H and O–H groups in total. The summed E-state index contributed by atoms with van der Waals surface area (Å²) in [5.74, 6) is -0.453. The molecule has 64 valence electrons. The highest BCUT2D eigenvalue weighted by Crippen LogP contribution is 2.11. The van der Waals surface area contributed by atoms with Crippen LogP contribution in [0, 0.1) is 5.95 Å². The van der Waals surface area contributed by atoms with E-state index in [2.05, 4.69) is 10.3 Å². The zero-order valence-corrected chi connectivity index (χ0v) is 6.46. The first-order valence-corrected chi connectivity index (χ1v) is 3.80.